The predicted octanol–water partition coefficient (Wildman–Crippen LogP) is 1.50. The number of aliphatic carboxylic acids is 1. The van der Waals surface area contributed by atoms with Gasteiger partial charge in [0.25, 0.3) is 0 Å². The summed E-state index contributed by atoms with van der Waals surface area (Å²) in [5.74, 6) is -0.936. The summed E-state index contributed by atoms with van der Waals surface area (Å²) in [5.41, 5.74) is 0. The van der Waals surface area contributed by atoms with Crippen molar-refractivity contribution in [2.24, 2.45) is 5.92 Å². The lowest BCUT2D eigenvalue weighted by molar-refractivity contribution is -0.171. The molecule has 0 bridgehead atoms. The summed E-state index contributed by atoms with van der Waals surface area (Å²) in [7, 11) is 0. The van der Waals surface area contributed by atoms with Crippen molar-refractivity contribution in [3.63, 3.8) is 0 Å². The summed E-state index contributed by atoms with van der Waals surface area (Å²) < 4.78 is 10.5. The summed E-state index contributed by atoms with van der Waals surface area (Å²) in [5, 5.41) is 8.56. The van der Waals surface area contributed by atoms with Crippen molar-refractivity contribution in [2.45, 2.75) is 33.5 Å². The first-order chi connectivity index (χ1) is 6.11. The van der Waals surface area contributed by atoms with Gasteiger partial charge in [-0.1, -0.05) is 6.92 Å². The van der Waals surface area contributed by atoms with Crippen LogP contribution in [0.3, 0.4) is 0 Å². The van der Waals surface area contributed by atoms with Crippen LogP contribution in [-0.2, 0) is 14.3 Å². The maximum Gasteiger partial charge on any atom is 0.303 e. The van der Waals surface area contributed by atoms with Crippen LogP contribution in [-0.4, -0.2) is 30.6 Å². The zero-order valence-electron chi connectivity index (χ0n) is 8.45. The van der Waals surface area contributed by atoms with E-state index in [1.807, 2.05) is 20.8 Å². The highest BCUT2D eigenvalue weighted by Crippen LogP contribution is 2.13. The van der Waals surface area contributed by atoms with Gasteiger partial charge in [-0.05, 0) is 13.8 Å². The molecule has 0 aliphatic heterocycles. The highest BCUT2D eigenvalue weighted by atomic mass is 16.7. The Kier molecular flexibility index (Phi) is 6.54. The highest BCUT2D eigenvalue weighted by molar-refractivity contribution is 5.66. The fraction of sp³-hybridized carbons (Fsp3) is 0.889. The fourth-order valence-electron chi connectivity index (χ4n) is 1.08. The SMILES string of the molecule is CCOC(OCC)C(C)CC(=O)O. The molecule has 0 aromatic heterocycles. The summed E-state index contributed by atoms with van der Waals surface area (Å²) in [6, 6.07) is 0. The van der Waals surface area contributed by atoms with Gasteiger partial charge in [-0.3, -0.25) is 4.79 Å². The molecule has 1 N–H and O–H groups in total. The second kappa shape index (κ2) is 6.86. The van der Waals surface area contributed by atoms with E-state index in [9.17, 15) is 4.79 Å². The Morgan fingerprint density at radius 3 is 2.08 bits per heavy atom. The Balaban J connectivity index is 3.93. The lowest BCUT2D eigenvalue weighted by Crippen LogP contribution is -2.27. The molecule has 78 valence electrons. The normalized spacial score (nSPS) is 13.2. The Bertz CT molecular complexity index is 141. The van der Waals surface area contributed by atoms with Crippen molar-refractivity contribution in [3.05, 3.63) is 0 Å². The molecule has 0 saturated carbocycles. The van der Waals surface area contributed by atoms with Gasteiger partial charge in [-0.25, -0.2) is 0 Å². The van der Waals surface area contributed by atoms with E-state index in [1.54, 1.807) is 0 Å². The Morgan fingerprint density at radius 2 is 1.77 bits per heavy atom. The van der Waals surface area contributed by atoms with Crippen LogP contribution < -0.4 is 0 Å². The van der Waals surface area contributed by atoms with Gasteiger partial charge >= 0.3 is 5.97 Å². The molecule has 0 aromatic carbocycles. The third-order valence-corrected chi connectivity index (χ3v) is 1.62. The summed E-state index contributed by atoms with van der Waals surface area (Å²) >= 11 is 0. The van der Waals surface area contributed by atoms with Gasteiger partial charge < -0.3 is 14.6 Å². The molecule has 0 saturated heterocycles. The highest BCUT2D eigenvalue weighted by Gasteiger charge is 2.20. The summed E-state index contributed by atoms with van der Waals surface area (Å²) in [6.45, 7) is 6.60. The molecule has 4 nitrogen and oxygen atoms in total. The zero-order chi connectivity index (χ0) is 10.3. The molecule has 1 unspecified atom stereocenters. The maximum atomic E-state index is 10.4. The minimum Gasteiger partial charge on any atom is -0.481 e. The number of ether oxygens (including phenoxy) is 2. The lowest BCUT2D eigenvalue weighted by Gasteiger charge is -2.22. The molecule has 0 radical (unpaired) electrons. The van der Waals surface area contributed by atoms with Gasteiger partial charge in [-0.2, -0.15) is 0 Å². The van der Waals surface area contributed by atoms with Crippen molar-refractivity contribution >= 4 is 5.97 Å². The molecule has 13 heavy (non-hydrogen) atoms. The van der Waals surface area contributed by atoms with Crippen LogP contribution in [0.1, 0.15) is 27.2 Å². The van der Waals surface area contributed by atoms with E-state index < -0.39 is 12.3 Å². The van der Waals surface area contributed by atoms with Crippen molar-refractivity contribution < 1.29 is 19.4 Å². The molecular formula is C9H18O4. The monoisotopic (exact) mass is 190 g/mol. The Hall–Kier alpha value is -0.610. The minimum absolute atomic E-state index is 0.0741. The minimum atomic E-state index is -0.822. The molecule has 0 spiro atoms. The molecule has 0 aliphatic carbocycles. The average Bonchev–Trinajstić information content (AvgIpc) is 2.02. The molecule has 1 atom stereocenters. The second-order valence-corrected chi connectivity index (χ2v) is 2.85. The molecule has 0 heterocycles. The van der Waals surface area contributed by atoms with E-state index >= 15 is 0 Å². The van der Waals surface area contributed by atoms with E-state index in [-0.39, 0.29) is 12.3 Å². The number of hydrogen-bond donors (Lipinski definition) is 1. The maximum absolute atomic E-state index is 10.4. The zero-order valence-corrected chi connectivity index (χ0v) is 8.45. The van der Waals surface area contributed by atoms with Crippen molar-refractivity contribution in [2.75, 3.05) is 13.2 Å². The first-order valence-electron chi connectivity index (χ1n) is 4.56. The van der Waals surface area contributed by atoms with E-state index in [4.69, 9.17) is 14.6 Å². The van der Waals surface area contributed by atoms with Crippen molar-refractivity contribution in [1.82, 2.24) is 0 Å². The average molecular weight is 190 g/mol. The molecule has 0 fully saturated rings. The second-order valence-electron chi connectivity index (χ2n) is 2.85. The van der Waals surface area contributed by atoms with E-state index in [2.05, 4.69) is 0 Å². The van der Waals surface area contributed by atoms with Gasteiger partial charge in [-0.15, -0.1) is 0 Å². The van der Waals surface area contributed by atoms with Crippen LogP contribution in [0.4, 0.5) is 0 Å². The van der Waals surface area contributed by atoms with Gasteiger partial charge in [0.05, 0.1) is 6.42 Å². The topological polar surface area (TPSA) is 55.8 Å². The predicted molar refractivity (Wildman–Crippen MR) is 48.5 cm³/mol. The molecule has 0 aromatic rings. The lowest BCUT2D eigenvalue weighted by atomic mass is 10.1. The standard InChI is InChI=1S/C9H18O4/c1-4-12-9(13-5-2)7(3)6-8(10)11/h7,9H,4-6H2,1-3H3,(H,10,11). The number of carboxylic acids is 1. The van der Waals surface area contributed by atoms with Crippen LogP contribution in [0.25, 0.3) is 0 Å². The van der Waals surface area contributed by atoms with Gasteiger partial charge in [0, 0.05) is 19.1 Å². The van der Waals surface area contributed by atoms with E-state index in [0.717, 1.165) is 0 Å². The van der Waals surface area contributed by atoms with E-state index in [1.165, 1.54) is 0 Å². The van der Waals surface area contributed by atoms with Crippen molar-refractivity contribution in [1.29, 1.82) is 0 Å². The van der Waals surface area contributed by atoms with Crippen LogP contribution >= 0.6 is 0 Å². The molecule has 0 rings (SSSR count). The van der Waals surface area contributed by atoms with Crippen LogP contribution in [0.2, 0.25) is 0 Å². The van der Waals surface area contributed by atoms with Crippen LogP contribution in [0.15, 0.2) is 0 Å². The Labute approximate surface area is 78.8 Å². The third kappa shape index (κ3) is 5.60. The van der Waals surface area contributed by atoms with Crippen LogP contribution in [0, 0.1) is 5.92 Å². The number of carboxylic acid groups (broad SMARTS) is 1. The first-order valence-corrected chi connectivity index (χ1v) is 4.56. The summed E-state index contributed by atoms with van der Waals surface area (Å²) in [6.07, 6.45) is -0.323. The fourth-order valence-corrected chi connectivity index (χ4v) is 1.08. The largest absolute Gasteiger partial charge is 0.481 e. The molecular weight excluding hydrogens is 172 g/mol. The molecule has 0 amide bonds. The van der Waals surface area contributed by atoms with Crippen molar-refractivity contribution in [3.8, 4) is 0 Å². The van der Waals surface area contributed by atoms with Gasteiger partial charge in [0.2, 0.25) is 0 Å². The molecule has 0 aliphatic rings. The molecule has 4 heteroatoms. The first kappa shape index (κ1) is 12.4. The Morgan fingerprint density at radius 1 is 1.31 bits per heavy atom. The quantitative estimate of drug-likeness (QED) is 0.618. The van der Waals surface area contributed by atoms with E-state index in [0.29, 0.717) is 13.2 Å². The number of rotatable bonds is 7. The van der Waals surface area contributed by atoms with Gasteiger partial charge in [0.1, 0.15) is 0 Å². The van der Waals surface area contributed by atoms with Gasteiger partial charge in [0.15, 0.2) is 6.29 Å². The number of hydrogen-bond acceptors (Lipinski definition) is 3. The number of carbonyl (C=O) groups is 1. The third-order valence-electron chi connectivity index (χ3n) is 1.62. The van der Waals surface area contributed by atoms with Crippen LogP contribution in [0.5, 0.6) is 0 Å². The smallest absolute Gasteiger partial charge is 0.303 e. The summed E-state index contributed by atoms with van der Waals surface area (Å²) in [4.78, 5) is 10.4.